The second-order valence-electron chi connectivity index (χ2n) is 4.27. The Morgan fingerprint density at radius 3 is 2.63 bits per heavy atom. The predicted molar refractivity (Wildman–Crippen MR) is 75.7 cm³/mol. The maximum atomic E-state index is 8.52. The topological polar surface area (TPSA) is 53.2 Å². The minimum absolute atomic E-state index is 0.363. The Balaban J connectivity index is 2.27. The zero-order valence-corrected chi connectivity index (χ0v) is 10.3. The molecule has 1 aromatic carbocycles. The number of azide groups is 1. The highest BCUT2D eigenvalue weighted by Gasteiger charge is 2.10. The van der Waals surface area contributed by atoms with Gasteiger partial charge in [-0.1, -0.05) is 41.5 Å². The van der Waals surface area contributed by atoms with E-state index in [2.05, 4.69) is 32.6 Å². The third kappa shape index (κ3) is 2.05. The molecule has 19 heavy (non-hydrogen) atoms. The third-order valence-electron chi connectivity index (χ3n) is 3.11. The summed E-state index contributed by atoms with van der Waals surface area (Å²) in [6.07, 6.45) is 2.03. The van der Waals surface area contributed by atoms with Crippen molar-refractivity contribution in [2.45, 2.75) is 6.54 Å². The van der Waals surface area contributed by atoms with Crippen molar-refractivity contribution in [2.24, 2.45) is 5.11 Å². The van der Waals surface area contributed by atoms with E-state index in [0.29, 0.717) is 6.54 Å². The molecule has 0 bridgehead atoms. The molecule has 92 valence electrons. The van der Waals surface area contributed by atoms with Crippen LogP contribution in [0.1, 0.15) is 5.56 Å². The summed E-state index contributed by atoms with van der Waals surface area (Å²) in [6.45, 7) is 0.363. The quantitative estimate of drug-likeness (QED) is 0.374. The molecule has 0 aliphatic rings. The van der Waals surface area contributed by atoms with Gasteiger partial charge in [0.25, 0.3) is 0 Å². The van der Waals surface area contributed by atoms with Crippen molar-refractivity contribution in [3.05, 3.63) is 76.8 Å². The summed E-state index contributed by atoms with van der Waals surface area (Å²) in [4.78, 5) is 2.85. The van der Waals surface area contributed by atoms with Gasteiger partial charge in [0.1, 0.15) is 0 Å². The lowest BCUT2D eigenvalue weighted by Crippen LogP contribution is -1.90. The molecule has 0 radical (unpaired) electrons. The molecular weight excluding hydrogens is 236 g/mol. The molecule has 0 atom stereocenters. The Hall–Kier alpha value is -2.71. The Morgan fingerprint density at radius 2 is 1.84 bits per heavy atom. The lowest BCUT2D eigenvalue weighted by atomic mass is 10.1. The average Bonchev–Trinajstić information content (AvgIpc) is 2.84. The van der Waals surface area contributed by atoms with Gasteiger partial charge in [0.2, 0.25) is 0 Å². The van der Waals surface area contributed by atoms with Crippen LogP contribution in [-0.2, 0) is 6.54 Å². The first-order chi connectivity index (χ1) is 9.40. The number of hydrogen-bond donors (Lipinski definition) is 0. The molecule has 0 aliphatic heterocycles. The van der Waals surface area contributed by atoms with Gasteiger partial charge in [-0.2, -0.15) is 0 Å². The fourth-order valence-electron chi connectivity index (χ4n) is 2.33. The summed E-state index contributed by atoms with van der Waals surface area (Å²) in [5, 5.41) is 3.69. The normalized spacial score (nSPS) is 10.3. The molecule has 0 fully saturated rings. The van der Waals surface area contributed by atoms with E-state index in [0.717, 1.165) is 22.3 Å². The van der Waals surface area contributed by atoms with E-state index in [9.17, 15) is 0 Å². The van der Waals surface area contributed by atoms with Crippen molar-refractivity contribution in [2.75, 3.05) is 0 Å². The standard InChI is InChI=1S/C15H12N4/c16-18-17-11-13-10-14-8-4-5-9-19(14)15(13)12-6-2-1-3-7-12/h1-10H,11H2. The van der Waals surface area contributed by atoms with Crippen LogP contribution in [0.4, 0.5) is 0 Å². The smallest absolute Gasteiger partial charge is 0.0561 e. The zero-order chi connectivity index (χ0) is 13.1. The van der Waals surface area contributed by atoms with Crippen LogP contribution in [0.2, 0.25) is 0 Å². The van der Waals surface area contributed by atoms with Crippen LogP contribution in [0, 0.1) is 0 Å². The Kier molecular flexibility index (Phi) is 2.93. The lowest BCUT2D eigenvalue weighted by Gasteiger charge is -2.05. The van der Waals surface area contributed by atoms with Crippen LogP contribution >= 0.6 is 0 Å². The highest BCUT2D eigenvalue weighted by Crippen LogP contribution is 2.28. The third-order valence-corrected chi connectivity index (χ3v) is 3.11. The minimum Gasteiger partial charge on any atom is -0.316 e. The molecule has 2 heterocycles. The van der Waals surface area contributed by atoms with Gasteiger partial charge in [0.15, 0.2) is 0 Å². The van der Waals surface area contributed by atoms with Crippen LogP contribution < -0.4 is 0 Å². The van der Waals surface area contributed by atoms with E-state index >= 15 is 0 Å². The number of rotatable bonds is 3. The van der Waals surface area contributed by atoms with Crippen LogP contribution in [0.25, 0.3) is 27.2 Å². The molecule has 0 saturated carbocycles. The van der Waals surface area contributed by atoms with Crippen molar-refractivity contribution < 1.29 is 0 Å². The predicted octanol–water partition coefficient (Wildman–Crippen LogP) is 4.42. The number of pyridine rings is 1. The second-order valence-corrected chi connectivity index (χ2v) is 4.27. The van der Waals surface area contributed by atoms with E-state index in [1.54, 1.807) is 0 Å². The first-order valence-electron chi connectivity index (χ1n) is 6.05. The fraction of sp³-hybridized carbons (Fsp3) is 0.0667. The molecule has 0 aliphatic carbocycles. The van der Waals surface area contributed by atoms with Crippen molar-refractivity contribution in [3.63, 3.8) is 0 Å². The van der Waals surface area contributed by atoms with E-state index in [1.165, 1.54) is 0 Å². The number of benzene rings is 1. The van der Waals surface area contributed by atoms with Gasteiger partial charge in [0.05, 0.1) is 12.2 Å². The Morgan fingerprint density at radius 1 is 1.05 bits per heavy atom. The summed E-state index contributed by atoms with van der Waals surface area (Å²) < 4.78 is 2.12. The van der Waals surface area contributed by atoms with Gasteiger partial charge in [0, 0.05) is 16.6 Å². The molecule has 0 saturated heterocycles. The summed E-state index contributed by atoms with van der Waals surface area (Å²) in [6, 6.07) is 18.3. The molecule has 0 unspecified atom stereocenters. The first-order valence-corrected chi connectivity index (χ1v) is 6.05. The van der Waals surface area contributed by atoms with Crippen molar-refractivity contribution in [3.8, 4) is 11.3 Å². The zero-order valence-electron chi connectivity index (χ0n) is 10.3. The molecule has 3 rings (SSSR count). The van der Waals surface area contributed by atoms with E-state index < -0.39 is 0 Å². The second kappa shape index (κ2) is 4.88. The highest BCUT2D eigenvalue weighted by molar-refractivity contribution is 5.71. The average molecular weight is 248 g/mol. The van der Waals surface area contributed by atoms with Crippen LogP contribution in [-0.4, -0.2) is 4.40 Å². The van der Waals surface area contributed by atoms with Crippen molar-refractivity contribution >= 4 is 5.52 Å². The van der Waals surface area contributed by atoms with Crippen LogP contribution in [0.15, 0.2) is 65.9 Å². The largest absolute Gasteiger partial charge is 0.316 e. The minimum atomic E-state index is 0.363. The van der Waals surface area contributed by atoms with Gasteiger partial charge in [-0.05, 0) is 34.9 Å². The van der Waals surface area contributed by atoms with Crippen LogP contribution in [0.5, 0.6) is 0 Å². The van der Waals surface area contributed by atoms with Crippen molar-refractivity contribution in [1.82, 2.24) is 4.40 Å². The number of nitrogens with zero attached hydrogens (tertiary/aromatic N) is 4. The molecule has 2 aromatic heterocycles. The van der Waals surface area contributed by atoms with Gasteiger partial charge in [-0.15, -0.1) is 0 Å². The molecular formula is C15H12N4. The monoisotopic (exact) mass is 248 g/mol. The molecule has 4 heteroatoms. The summed E-state index contributed by atoms with van der Waals surface area (Å²) >= 11 is 0. The SMILES string of the molecule is [N-]=[N+]=NCc1cc2ccccn2c1-c1ccccc1. The van der Waals surface area contributed by atoms with Gasteiger partial charge in [-0.25, -0.2) is 0 Å². The fourth-order valence-corrected chi connectivity index (χ4v) is 2.33. The van der Waals surface area contributed by atoms with Gasteiger partial charge < -0.3 is 4.40 Å². The molecule has 3 aromatic rings. The lowest BCUT2D eigenvalue weighted by molar-refractivity contribution is 1.04. The number of aromatic nitrogens is 1. The molecule has 0 N–H and O–H groups in total. The summed E-state index contributed by atoms with van der Waals surface area (Å²) in [5.41, 5.74) is 12.9. The van der Waals surface area contributed by atoms with E-state index in [1.807, 2.05) is 42.6 Å². The van der Waals surface area contributed by atoms with Crippen LogP contribution in [0.3, 0.4) is 0 Å². The van der Waals surface area contributed by atoms with E-state index in [-0.39, 0.29) is 0 Å². The maximum Gasteiger partial charge on any atom is 0.0561 e. The molecule has 0 spiro atoms. The molecule has 0 amide bonds. The number of hydrogen-bond acceptors (Lipinski definition) is 1. The summed E-state index contributed by atoms with van der Waals surface area (Å²) in [5.74, 6) is 0. The van der Waals surface area contributed by atoms with Gasteiger partial charge >= 0.3 is 0 Å². The Bertz CT molecular complexity index is 752. The molecule has 4 nitrogen and oxygen atoms in total. The number of fused-ring (bicyclic) bond motifs is 1. The maximum absolute atomic E-state index is 8.52. The summed E-state index contributed by atoms with van der Waals surface area (Å²) in [7, 11) is 0. The Labute approximate surface area is 110 Å². The van der Waals surface area contributed by atoms with E-state index in [4.69, 9.17) is 5.53 Å². The van der Waals surface area contributed by atoms with Gasteiger partial charge in [-0.3, -0.25) is 0 Å². The first kappa shape index (κ1) is 11.4. The van der Waals surface area contributed by atoms with Crippen molar-refractivity contribution in [1.29, 1.82) is 0 Å². The highest BCUT2D eigenvalue weighted by atomic mass is 15.1.